The molecular weight excluding hydrogens is 274 g/mol. The SMILES string of the molecule is CCCCCCCCCCCC[C@@H](C(=O)OCC)[N+](C)(C)C. The van der Waals surface area contributed by atoms with Crippen molar-refractivity contribution < 1.29 is 14.0 Å². The molecule has 3 heteroatoms. The van der Waals surface area contributed by atoms with Gasteiger partial charge >= 0.3 is 5.97 Å². The number of carbonyl (C=O) groups excluding carboxylic acids is 1. The van der Waals surface area contributed by atoms with Gasteiger partial charge in [0.1, 0.15) is 0 Å². The van der Waals surface area contributed by atoms with Crippen LogP contribution in [0.1, 0.15) is 84.5 Å². The molecular formula is C19H40NO2+. The first-order valence-electron chi connectivity index (χ1n) is 9.41. The largest absolute Gasteiger partial charge is 0.462 e. The summed E-state index contributed by atoms with van der Waals surface area (Å²) in [5, 5.41) is 0. The lowest BCUT2D eigenvalue weighted by atomic mass is 10.0. The molecule has 0 unspecified atom stereocenters. The van der Waals surface area contributed by atoms with E-state index in [2.05, 4.69) is 28.1 Å². The second-order valence-electron chi connectivity index (χ2n) is 7.35. The Labute approximate surface area is 139 Å². The quantitative estimate of drug-likeness (QED) is 0.258. The van der Waals surface area contributed by atoms with Crippen LogP contribution in [0.15, 0.2) is 0 Å². The maximum atomic E-state index is 12.0. The van der Waals surface area contributed by atoms with Crippen molar-refractivity contribution in [3.63, 3.8) is 0 Å². The molecule has 0 aromatic carbocycles. The van der Waals surface area contributed by atoms with Gasteiger partial charge in [0.05, 0.1) is 27.7 Å². The molecule has 0 aliphatic carbocycles. The van der Waals surface area contributed by atoms with Gasteiger partial charge in [0.25, 0.3) is 0 Å². The molecule has 132 valence electrons. The first-order chi connectivity index (χ1) is 10.4. The van der Waals surface area contributed by atoms with E-state index >= 15 is 0 Å². The van der Waals surface area contributed by atoms with Crippen LogP contribution in [-0.2, 0) is 9.53 Å². The van der Waals surface area contributed by atoms with Crippen LogP contribution in [0.4, 0.5) is 0 Å². The number of nitrogens with zero attached hydrogens (tertiary/aromatic N) is 1. The van der Waals surface area contributed by atoms with Crippen molar-refractivity contribution in [2.24, 2.45) is 0 Å². The van der Waals surface area contributed by atoms with Crippen molar-refractivity contribution in [2.75, 3.05) is 27.7 Å². The molecule has 0 N–H and O–H groups in total. The second-order valence-corrected chi connectivity index (χ2v) is 7.35. The maximum Gasteiger partial charge on any atom is 0.364 e. The fourth-order valence-corrected chi connectivity index (χ4v) is 2.88. The number of carbonyl (C=O) groups is 1. The van der Waals surface area contributed by atoms with E-state index in [-0.39, 0.29) is 12.0 Å². The van der Waals surface area contributed by atoms with Gasteiger partial charge in [0, 0.05) is 6.42 Å². The number of likely N-dealkylation sites (N-methyl/N-ethyl adjacent to an activating group) is 1. The second kappa shape index (κ2) is 12.9. The van der Waals surface area contributed by atoms with Crippen LogP contribution in [0, 0.1) is 0 Å². The first kappa shape index (κ1) is 21.4. The van der Waals surface area contributed by atoms with E-state index in [1.165, 1.54) is 57.8 Å². The van der Waals surface area contributed by atoms with Crippen LogP contribution in [0.25, 0.3) is 0 Å². The van der Waals surface area contributed by atoms with Crippen molar-refractivity contribution in [3.8, 4) is 0 Å². The Kier molecular flexibility index (Phi) is 12.6. The lowest BCUT2D eigenvalue weighted by molar-refractivity contribution is -0.887. The lowest BCUT2D eigenvalue weighted by Crippen LogP contribution is -2.50. The molecule has 0 aliphatic heterocycles. The topological polar surface area (TPSA) is 26.3 Å². The molecule has 0 radical (unpaired) electrons. The monoisotopic (exact) mass is 314 g/mol. The van der Waals surface area contributed by atoms with E-state index in [0.717, 1.165) is 12.8 Å². The molecule has 0 rings (SSSR count). The summed E-state index contributed by atoms with van der Waals surface area (Å²) in [6, 6.07) is -0.0195. The Balaban J connectivity index is 3.71. The molecule has 0 spiro atoms. The summed E-state index contributed by atoms with van der Waals surface area (Å²) in [6.45, 7) is 4.62. The fraction of sp³-hybridized carbons (Fsp3) is 0.947. The van der Waals surface area contributed by atoms with Crippen molar-refractivity contribution in [3.05, 3.63) is 0 Å². The van der Waals surface area contributed by atoms with Gasteiger partial charge in [-0.3, -0.25) is 0 Å². The molecule has 22 heavy (non-hydrogen) atoms. The van der Waals surface area contributed by atoms with E-state index < -0.39 is 0 Å². The van der Waals surface area contributed by atoms with Crippen LogP contribution in [-0.4, -0.2) is 44.2 Å². The molecule has 0 saturated carbocycles. The number of rotatable bonds is 14. The van der Waals surface area contributed by atoms with Gasteiger partial charge in [0.2, 0.25) is 0 Å². The van der Waals surface area contributed by atoms with Crippen LogP contribution in [0.5, 0.6) is 0 Å². The zero-order valence-corrected chi connectivity index (χ0v) is 15.8. The van der Waals surface area contributed by atoms with Crippen molar-refractivity contribution in [1.29, 1.82) is 0 Å². The smallest absolute Gasteiger partial charge is 0.364 e. The molecule has 0 amide bonds. The predicted molar refractivity (Wildman–Crippen MR) is 94.9 cm³/mol. The number of unbranched alkanes of at least 4 members (excludes halogenated alkanes) is 9. The van der Waals surface area contributed by atoms with Gasteiger partial charge in [-0.05, 0) is 13.3 Å². The van der Waals surface area contributed by atoms with Crippen molar-refractivity contribution >= 4 is 5.97 Å². The Morgan fingerprint density at radius 1 is 0.818 bits per heavy atom. The standard InChI is InChI=1S/C19H40NO2/c1-6-8-9-10-11-12-13-14-15-16-17-18(20(3,4)5)19(21)22-7-2/h18H,6-17H2,1-5H3/q+1/t18-/m0/s1. The highest BCUT2D eigenvalue weighted by atomic mass is 16.5. The van der Waals surface area contributed by atoms with Crippen LogP contribution < -0.4 is 0 Å². The molecule has 3 nitrogen and oxygen atoms in total. The number of hydrogen-bond acceptors (Lipinski definition) is 2. The average Bonchev–Trinajstić information content (AvgIpc) is 2.43. The highest BCUT2D eigenvalue weighted by Gasteiger charge is 2.32. The van der Waals surface area contributed by atoms with Crippen LogP contribution in [0.3, 0.4) is 0 Å². The number of hydrogen-bond donors (Lipinski definition) is 0. The van der Waals surface area contributed by atoms with Crippen molar-refractivity contribution in [2.45, 2.75) is 90.5 Å². The van der Waals surface area contributed by atoms with E-state index in [0.29, 0.717) is 11.1 Å². The molecule has 0 bridgehead atoms. The van der Waals surface area contributed by atoms with Gasteiger partial charge in [0.15, 0.2) is 6.04 Å². The fourth-order valence-electron chi connectivity index (χ4n) is 2.88. The third kappa shape index (κ3) is 11.1. The Bertz CT molecular complexity index is 271. The molecule has 0 fully saturated rings. The summed E-state index contributed by atoms with van der Waals surface area (Å²) in [4.78, 5) is 12.0. The molecule has 0 aliphatic rings. The Morgan fingerprint density at radius 2 is 1.27 bits per heavy atom. The Morgan fingerprint density at radius 3 is 1.68 bits per heavy atom. The summed E-state index contributed by atoms with van der Waals surface area (Å²) in [5.41, 5.74) is 0. The van der Waals surface area contributed by atoms with E-state index in [4.69, 9.17) is 4.74 Å². The zero-order valence-electron chi connectivity index (χ0n) is 15.8. The number of quaternary nitrogens is 1. The van der Waals surface area contributed by atoms with E-state index in [9.17, 15) is 4.79 Å². The highest BCUT2D eigenvalue weighted by Crippen LogP contribution is 2.16. The van der Waals surface area contributed by atoms with Crippen molar-refractivity contribution in [1.82, 2.24) is 0 Å². The summed E-state index contributed by atoms with van der Waals surface area (Å²) < 4.78 is 5.88. The first-order valence-corrected chi connectivity index (χ1v) is 9.41. The summed E-state index contributed by atoms with van der Waals surface area (Å²) >= 11 is 0. The van der Waals surface area contributed by atoms with Crippen LogP contribution >= 0.6 is 0 Å². The number of esters is 1. The summed E-state index contributed by atoms with van der Waals surface area (Å²) in [7, 11) is 6.24. The van der Waals surface area contributed by atoms with E-state index in [1.54, 1.807) is 0 Å². The number of ether oxygens (including phenoxy) is 1. The van der Waals surface area contributed by atoms with Gasteiger partial charge in [-0.15, -0.1) is 0 Å². The third-order valence-corrected chi connectivity index (χ3v) is 4.32. The average molecular weight is 315 g/mol. The normalized spacial score (nSPS) is 13.1. The third-order valence-electron chi connectivity index (χ3n) is 4.32. The minimum absolute atomic E-state index is 0.0195. The Hall–Kier alpha value is -0.570. The molecule has 0 saturated heterocycles. The highest BCUT2D eigenvalue weighted by molar-refractivity contribution is 5.74. The molecule has 0 heterocycles. The minimum Gasteiger partial charge on any atom is -0.462 e. The van der Waals surface area contributed by atoms with Gasteiger partial charge in [-0.1, -0.05) is 64.7 Å². The van der Waals surface area contributed by atoms with Gasteiger partial charge in [-0.2, -0.15) is 0 Å². The summed E-state index contributed by atoms with van der Waals surface area (Å²) in [6.07, 6.45) is 14.3. The zero-order chi connectivity index (χ0) is 16.8. The predicted octanol–water partition coefficient (Wildman–Crippen LogP) is 4.94. The van der Waals surface area contributed by atoms with Gasteiger partial charge in [-0.25, -0.2) is 4.79 Å². The van der Waals surface area contributed by atoms with Crippen LogP contribution in [0.2, 0.25) is 0 Å². The summed E-state index contributed by atoms with van der Waals surface area (Å²) in [5.74, 6) is -0.0362. The minimum atomic E-state index is -0.0362. The molecule has 0 aromatic heterocycles. The van der Waals surface area contributed by atoms with E-state index in [1.807, 2.05) is 6.92 Å². The van der Waals surface area contributed by atoms with Gasteiger partial charge < -0.3 is 9.22 Å². The molecule has 1 atom stereocenters. The lowest BCUT2D eigenvalue weighted by Gasteiger charge is -2.32. The maximum absolute atomic E-state index is 12.0. The molecule has 0 aromatic rings.